The van der Waals surface area contributed by atoms with Gasteiger partial charge in [-0.05, 0) is 42.8 Å². The molecule has 0 aliphatic carbocycles. The summed E-state index contributed by atoms with van der Waals surface area (Å²) in [7, 11) is 3.11. The third-order valence-electron chi connectivity index (χ3n) is 3.89. The smallest absolute Gasteiger partial charge is 0.387 e. The van der Waals surface area contributed by atoms with Crippen molar-refractivity contribution in [3.05, 3.63) is 48.0 Å². The van der Waals surface area contributed by atoms with Gasteiger partial charge in [0.25, 0.3) is 5.22 Å². The minimum Gasteiger partial charge on any atom is -0.493 e. The van der Waals surface area contributed by atoms with E-state index < -0.39 is 6.61 Å². The van der Waals surface area contributed by atoms with E-state index in [0.717, 1.165) is 5.56 Å². The number of alkyl halides is 2. The molecule has 0 amide bonds. The van der Waals surface area contributed by atoms with Gasteiger partial charge in [-0.15, -0.1) is 10.2 Å². The summed E-state index contributed by atoms with van der Waals surface area (Å²) in [4.78, 5) is 0. The second-order valence-corrected chi connectivity index (χ2v) is 6.94. The molecule has 0 bridgehead atoms. The number of halogens is 2. The summed E-state index contributed by atoms with van der Waals surface area (Å²) < 4.78 is 45.0. The van der Waals surface area contributed by atoms with Crippen molar-refractivity contribution in [1.29, 1.82) is 0 Å². The molecule has 0 aliphatic rings. The van der Waals surface area contributed by atoms with Crippen LogP contribution in [-0.2, 0) is 0 Å². The van der Waals surface area contributed by atoms with Crippen LogP contribution in [0.25, 0.3) is 11.5 Å². The van der Waals surface area contributed by atoms with Gasteiger partial charge in [-0.3, -0.25) is 0 Å². The van der Waals surface area contributed by atoms with E-state index in [0.29, 0.717) is 28.2 Å². The maximum atomic E-state index is 12.2. The van der Waals surface area contributed by atoms with Gasteiger partial charge >= 0.3 is 6.61 Å². The Morgan fingerprint density at radius 3 is 2.32 bits per heavy atom. The molecule has 0 radical (unpaired) electrons. The second-order valence-electron chi connectivity index (χ2n) is 5.65. The predicted octanol–water partition coefficient (Wildman–Crippen LogP) is 5.21. The van der Waals surface area contributed by atoms with Gasteiger partial charge in [0.1, 0.15) is 5.75 Å². The Labute approximate surface area is 164 Å². The molecule has 1 unspecified atom stereocenters. The molecule has 148 valence electrons. The Kier molecular flexibility index (Phi) is 6.35. The molecule has 28 heavy (non-hydrogen) atoms. The lowest BCUT2D eigenvalue weighted by Crippen LogP contribution is -2.01. The molecule has 0 fully saturated rings. The molecule has 0 aliphatic heterocycles. The maximum absolute atomic E-state index is 12.2. The first-order chi connectivity index (χ1) is 13.5. The summed E-state index contributed by atoms with van der Waals surface area (Å²) in [5.41, 5.74) is 1.62. The molecule has 9 heteroatoms. The number of ether oxygens (including phenoxy) is 3. The molecule has 6 nitrogen and oxygen atoms in total. The Balaban J connectivity index is 1.70. The average molecular weight is 408 g/mol. The molecule has 3 aromatic rings. The third kappa shape index (κ3) is 4.72. The van der Waals surface area contributed by atoms with Crippen LogP contribution in [0.1, 0.15) is 17.7 Å². The van der Waals surface area contributed by atoms with Crippen molar-refractivity contribution in [3.63, 3.8) is 0 Å². The second kappa shape index (κ2) is 8.92. The molecule has 1 aromatic heterocycles. The lowest BCUT2D eigenvalue weighted by molar-refractivity contribution is -0.0498. The summed E-state index contributed by atoms with van der Waals surface area (Å²) in [5.74, 6) is 1.64. The standard InChI is InChI=1S/C19H18F2N2O4S/c1-11(12-4-7-14(8-5-12)26-18(20)21)28-19-23-22-17(27-19)13-6-9-15(24-2)16(10-13)25-3/h4-11,18H,1-3H3. The Morgan fingerprint density at radius 2 is 1.68 bits per heavy atom. The van der Waals surface area contributed by atoms with E-state index in [2.05, 4.69) is 14.9 Å². The molecular weight excluding hydrogens is 390 g/mol. The molecule has 2 aromatic carbocycles. The monoisotopic (exact) mass is 408 g/mol. The summed E-state index contributed by atoms with van der Waals surface area (Å²) in [5, 5.41) is 8.50. The zero-order chi connectivity index (χ0) is 20.1. The number of hydrogen-bond donors (Lipinski definition) is 0. The van der Waals surface area contributed by atoms with Gasteiger partial charge in [0.2, 0.25) is 5.89 Å². The SMILES string of the molecule is COc1ccc(-c2nnc(SC(C)c3ccc(OC(F)F)cc3)o2)cc1OC. The third-order valence-corrected chi connectivity index (χ3v) is 4.88. The van der Waals surface area contributed by atoms with Gasteiger partial charge in [0.15, 0.2) is 11.5 Å². The van der Waals surface area contributed by atoms with Gasteiger partial charge in [0, 0.05) is 10.8 Å². The first-order valence-corrected chi connectivity index (χ1v) is 9.15. The number of hydrogen-bond acceptors (Lipinski definition) is 7. The van der Waals surface area contributed by atoms with E-state index in [1.807, 2.05) is 6.92 Å². The highest BCUT2D eigenvalue weighted by molar-refractivity contribution is 7.99. The Bertz CT molecular complexity index is 919. The summed E-state index contributed by atoms with van der Waals surface area (Å²) in [6.07, 6.45) is 0. The molecule has 0 saturated carbocycles. The van der Waals surface area contributed by atoms with Crippen LogP contribution in [0.15, 0.2) is 52.1 Å². The highest BCUT2D eigenvalue weighted by Gasteiger charge is 2.16. The molecule has 1 heterocycles. The van der Waals surface area contributed by atoms with Gasteiger partial charge in [-0.1, -0.05) is 23.9 Å². The number of benzene rings is 2. The molecular formula is C19H18F2N2O4S. The summed E-state index contributed by atoms with van der Waals surface area (Å²) in [6.45, 7) is -0.889. The zero-order valence-corrected chi connectivity index (χ0v) is 16.2. The molecule has 0 saturated heterocycles. The fraction of sp³-hybridized carbons (Fsp3) is 0.263. The van der Waals surface area contributed by atoms with Gasteiger partial charge in [0.05, 0.1) is 14.2 Å². The largest absolute Gasteiger partial charge is 0.493 e. The van der Waals surface area contributed by atoms with E-state index in [-0.39, 0.29) is 11.0 Å². The van der Waals surface area contributed by atoms with Crippen molar-refractivity contribution in [2.45, 2.75) is 24.0 Å². The van der Waals surface area contributed by atoms with Crippen molar-refractivity contribution in [2.75, 3.05) is 14.2 Å². The maximum Gasteiger partial charge on any atom is 0.387 e. The van der Waals surface area contributed by atoms with E-state index in [1.165, 1.54) is 23.9 Å². The van der Waals surface area contributed by atoms with Gasteiger partial charge < -0.3 is 18.6 Å². The van der Waals surface area contributed by atoms with E-state index in [4.69, 9.17) is 13.9 Å². The van der Waals surface area contributed by atoms with Crippen LogP contribution in [0.2, 0.25) is 0 Å². The molecule has 3 rings (SSSR count). The van der Waals surface area contributed by atoms with Crippen LogP contribution in [0.5, 0.6) is 17.2 Å². The van der Waals surface area contributed by atoms with Crippen LogP contribution in [0.3, 0.4) is 0 Å². The average Bonchev–Trinajstić information content (AvgIpc) is 3.16. The molecule has 0 spiro atoms. The first kappa shape index (κ1) is 19.9. The predicted molar refractivity (Wildman–Crippen MR) is 100 cm³/mol. The van der Waals surface area contributed by atoms with Crippen LogP contribution in [-0.4, -0.2) is 31.0 Å². The van der Waals surface area contributed by atoms with E-state index in [9.17, 15) is 8.78 Å². The van der Waals surface area contributed by atoms with Crippen LogP contribution in [0, 0.1) is 0 Å². The Hall–Kier alpha value is -2.81. The number of rotatable bonds is 8. The van der Waals surface area contributed by atoms with Crippen molar-refractivity contribution in [3.8, 4) is 28.7 Å². The molecule has 1 atom stereocenters. The van der Waals surface area contributed by atoms with Crippen molar-refractivity contribution in [2.24, 2.45) is 0 Å². The molecule has 0 N–H and O–H groups in total. The van der Waals surface area contributed by atoms with Gasteiger partial charge in [-0.25, -0.2) is 0 Å². The fourth-order valence-corrected chi connectivity index (χ4v) is 3.29. The lowest BCUT2D eigenvalue weighted by Gasteiger charge is -2.10. The minimum absolute atomic E-state index is 0.0284. The van der Waals surface area contributed by atoms with Crippen LogP contribution in [0.4, 0.5) is 8.78 Å². The van der Waals surface area contributed by atoms with E-state index >= 15 is 0 Å². The summed E-state index contributed by atoms with van der Waals surface area (Å²) >= 11 is 1.36. The van der Waals surface area contributed by atoms with E-state index in [1.54, 1.807) is 44.6 Å². The highest BCUT2D eigenvalue weighted by Crippen LogP contribution is 2.37. The highest BCUT2D eigenvalue weighted by atomic mass is 32.2. The number of aromatic nitrogens is 2. The van der Waals surface area contributed by atoms with Crippen molar-refractivity contribution >= 4 is 11.8 Å². The summed E-state index contributed by atoms with van der Waals surface area (Å²) in [6, 6.07) is 11.8. The van der Waals surface area contributed by atoms with Crippen molar-refractivity contribution < 1.29 is 27.4 Å². The quantitative estimate of drug-likeness (QED) is 0.474. The normalized spacial score (nSPS) is 12.1. The Morgan fingerprint density at radius 1 is 0.964 bits per heavy atom. The first-order valence-electron chi connectivity index (χ1n) is 8.27. The number of methoxy groups -OCH3 is 2. The van der Waals surface area contributed by atoms with Crippen LogP contribution < -0.4 is 14.2 Å². The fourth-order valence-electron chi connectivity index (χ4n) is 2.48. The zero-order valence-electron chi connectivity index (χ0n) is 15.4. The van der Waals surface area contributed by atoms with Crippen molar-refractivity contribution in [1.82, 2.24) is 10.2 Å². The minimum atomic E-state index is -2.84. The van der Waals surface area contributed by atoms with Crippen LogP contribution >= 0.6 is 11.8 Å². The number of thioether (sulfide) groups is 1. The topological polar surface area (TPSA) is 66.6 Å². The lowest BCUT2D eigenvalue weighted by atomic mass is 10.2. The van der Waals surface area contributed by atoms with Gasteiger partial charge in [-0.2, -0.15) is 8.78 Å². The number of nitrogens with zero attached hydrogens (tertiary/aromatic N) is 2.